The van der Waals surface area contributed by atoms with Crippen LogP contribution in [0, 0.1) is 39.9 Å². The third-order valence-corrected chi connectivity index (χ3v) is 11.0. The van der Waals surface area contributed by atoms with E-state index in [4.69, 9.17) is 4.74 Å². The summed E-state index contributed by atoms with van der Waals surface area (Å²) < 4.78 is 6.95. The highest BCUT2D eigenvalue weighted by atomic mass is 16.6. The van der Waals surface area contributed by atoms with Crippen LogP contribution >= 0.6 is 0 Å². The molecule has 34 heavy (non-hydrogen) atoms. The summed E-state index contributed by atoms with van der Waals surface area (Å²) in [4.78, 5) is 14.5. The molecule has 0 spiro atoms. The summed E-state index contributed by atoms with van der Waals surface area (Å²) in [7, 11) is 0. The number of unbranched alkanes of at least 4 members (excludes halogenated alkanes) is 4. The van der Waals surface area contributed by atoms with Crippen LogP contribution in [-0.2, 0) is 9.53 Å². The Labute approximate surface area is 212 Å². The van der Waals surface area contributed by atoms with E-state index in [-0.39, 0.29) is 22.4 Å². The predicted molar refractivity (Wildman–Crippen MR) is 145 cm³/mol. The molecule has 4 bridgehead atoms. The summed E-state index contributed by atoms with van der Waals surface area (Å²) in [5.74, 6) is 3.13. The van der Waals surface area contributed by atoms with Gasteiger partial charge in [0, 0.05) is 0 Å². The van der Waals surface area contributed by atoms with Gasteiger partial charge in [-0.05, 0) is 99.2 Å². The summed E-state index contributed by atoms with van der Waals surface area (Å²) in [5, 5.41) is 0. The van der Waals surface area contributed by atoms with Gasteiger partial charge in [0.1, 0.15) is 5.60 Å². The van der Waals surface area contributed by atoms with Gasteiger partial charge in [0.25, 0.3) is 0 Å². The van der Waals surface area contributed by atoms with Gasteiger partial charge in [-0.15, -0.1) is 0 Å². The Morgan fingerprint density at radius 2 is 1.26 bits per heavy atom. The van der Waals surface area contributed by atoms with E-state index in [0.717, 1.165) is 31.1 Å². The number of ether oxygens (including phenoxy) is 1. The minimum atomic E-state index is -0.451. The normalized spacial score (nSPS) is 32.6. The smallest absolute Gasteiger partial charge is 0.312 e. The predicted octanol–water partition coefficient (Wildman–Crippen LogP) is 9.74. The minimum absolute atomic E-state index is 0.0673. The molecule has 0 aromatic rings. The summed E-state index contributed by atoms with van der Waals surface area (Å²) in [6.45, 7) is 18.7. The van der Waals surface area contributed by atoms with Gasteiger partial charge >= 0.3 is 5.97 Å². The van der Waals surface area contributed by atoms with Crippen LogP contribution in [0.3, 0.4) is 0 Å². The molecule has 0 heterocycles. The van der Waals surface area contributed by atoms with Crippen LogP contribution in [0.25, 0.3) is 0 Å². The van der Waals surface area contributed by atoms with Crippen molar-refractivity contribution in [3.05, 3.63) is 0 Å². The second kappa shape index (κ2) is 10.8. The Morgan fingerprint density at radius 1 is 0.765 bits per heavy atom. The monoisotopic (exact) mass is 474 g/mol. The first-order valence-corrected chi connectivity index (χ1v) is 15.2. The van der Waals surface area contributed by atoms with Crippen molar-refractivity contribution >= 4 is 5.97 Å². The lowest BCUT2D eigenvalue weighted by molar-refractivity contribution is -0.226. The van der Waals surface area contributed by atoms with Crippen LogP contribution < -0.4 is 0 Å². The molecule has 0 radical (unpaired) electrons. The molecule has 1 unspecified atom stereocenters. The van der Waals surface area contributed by atoms with E-state index in [2.05, 4.69) is 55.4 Å². The third kappa shape index (κ3) is 5.56. The van der Waals surface area contributed by atoms with Gasteiger partial charge in [-0.3, -0.25) is 4.79 Å². The standard InChI is InChI=1S/C32H58O2/c1-9-12-14-16-29(4,5)23-31(8,30(6,7)17-15-13-10-2)28(33)34-32(11-3)26-19-24-18-25(21-26)22-27(32)20-24/h24-27H,9-23H2,1-8H3. The molecule has 198 valence electrons. The Kier molecular flexibility index (Phi) is 8.94. The SMILES string of the molecule is CCCCCC(C)(C)CC(C)(C(=O)OC1(CC)C2CC3CC(C2)CC1C3)C(C)(C)CCCCC. The molecule has 4 aliphatic rings. The topological polar surface area (TPSA) is 26.3 Å². The molecule has 0 aromatic carbocycles. The van der Waals surface area contributed by atoms with Crippen molar-refractivity contribution in [3.8, 4) is 0 Å². The van der Waals surface area contributed by atoms with Gasteiger partial charge in [-0.2, -0.15) is 0 Å². The number of hydrogen-bond donors (Lipinski definition) is 0. The molecule has 4 saturated carbocycles. The summed E-state index contributed by atoms with van der Waals surface area (Å²) in [5.41, 5.74) is -0.568. The van der Waals surface area contributed by atoms with Gasteiger partial charge in [0.15, 0.2) is 0 Å². The Balaban J connectivity index is 1.86. The van der Waals surface area contributed by atoms with E-state index in [1.165, 1.54) is 77.0 Å². The quantitative estimate of drug-likeness (QED) is 0.185. The van der Waals surface area contributed by atoms with E-state index in [1.807, 2.05) is 0 Å². The molecular formula is C32H58O2. The number of hydrogen-bond acceptors (Lipinski definition) is 2. The van der Waals surface area contributed by atoms with Crippen LogP contribution in [0.1, 0.15) is 152 Å². The molecule has 0 amide bonds. The van der Waals surface area contributed by atoms with Crippen molar-refractivity contribution in [1.29, 1.82) is 0 Å². The maximum absolute atomic E-state index is 14.5. The maximum atomic E-state index is 14.5. The van der Waals surface area contributed by atoms with Crippen molar-refractivity contribution in [2.45, 2.75) is 157 Å². The summed E-state index contributed by atoms with van der Waals surface area (Å²) >= 11 is 0. The Hall–Kier alpha value is -0.530. The number of esters is 1. The molecule has 0 aliphatic heterocycles. The van der Waals surface area contributed by atoms with E-state index < -0.39 is 5.41 Å². The van der Waals surface area contributed by atoms with Gasteiger partial charge in [-0.25, -0.2) is 0 Å². The average Bonchev–Trinajstić information content (AvgIpc) is 2.75. The van der Waals surface area contributed by atoms with Gasteiger partial charge < -0.3 is 4.74 Å². The molecule has 4 rings (SSSR count). The first-order valence-electron chi connectivity index (χ1n) is 15.2. The Morgan fingerprint density at radius 3 is 1.74 bits per heavy atom. The van der Waals surface area contributed by atoms with E-state index >= 15 is 0 Å². The lowest BCUT2D eigenvalue weighted by Gasteiger charge is -2.61. The van der Waals surface area contributed by atoms with Crippen molar-refractivity contribution in [2.75, 3.05) is 0 Å². The van der Waals surface area contributed by atoms with Crippen LogP contribution in [0.15, 0.2) is 0 Å². The van der Waals surface area contributed by atoms with Crippen LogP contribution in [0.5, 0.6) is 0 Å². The molecule has 1 atom stereocenters. The number of rotatable bonds is 14. The van der Waals surface area contributed by atoms with Crippen LogP contribution in [0.2, 0.25) is 0 Å². The molecule has 2 nitrogen and oxygen atoms in total. The van der Waals surface area contributed by atoms with Crippen molar-refractivity contribution in [2.24, 2.45) is 39.9 Å². The molecule has 2 heteroatoms. The summed E-state index contributed by atoms with van der Waals surface area (Å²) in [6.07, 6.45) is 18.3. The van der Waals surface area contributed by atoms with Crippen LogP contribution in [0.4, 0.5) is 0 Å². The fourth-order valence-corrected chi connectivity index (χ4v) is 8.66. The van der Waals surface area contributed by atoms with Gasteiger partial charge in [0.05, 0.1) is 5.41 Å². The second-order valence-corrected chi connectivity index (χ2v) is 14.5. The van der Waals surface area contributed by atoms with E-state index in [1.54, 1.807) is 0 Å². The molecule has 4 fully saturated rings. The molecular weight excluding hydrogens is 416 g/mol. The highest BCUT2D eigenvalue weighted by Gasteiger charge is 2.61. The zero-order valence-electron chi connectivity index (χ0n) is 24.2. The molecule has 4 aliphatic carbocycles. The van der Waals surface area contributed by atoms with Crippen molar-refractivity contribution in [3.63, 3.8) is 0 Å². The van der Waals surface area contributed by atoms with Gasteiger partial charge in [-0.1, -0.05) is 87.0 Å². The maximum Gasteiger partial charge on any atom is 0.312 e. The second-order valence-electron chi connectivity index (χ2n) is 14.5. The fourth-order valence-electron chi connectivity index (χ4n) is 8.66. The first-order chi connectivity index (χ1) is 15.9. The number of carbonyl (C=O) groups is 1. The Bertz CT molecular complexity index is 646. The number of carbonyl (C=O) groups excluding carboxylic acids is 1. The third-order valence-electron chi connectivity index (χ3n) is 11.0. The zero-order chi connectivity index (χ0) is 25.2. The zero-order valence-corrected chi connectivity index (χ0v) is 24.2. The lowest BCUT2D eigenvalue weighted by atomic mass is 9.49. The average molecular weight is 475 g/mol. The lowest BCUT2D eigenvalue weighted by Crippen LogP contribution is -2.61. The first kappa shape index (κ1) is 28.0. The largest absolute Gasteiger partial charge is 0.458 e. The van der Waals surface area contributed by atoms with Crippen LogP contribution in [-0.4, -0.2) is 11.6 Å². The minimum Gasteiger partial charge on any atom is -0.458 e. The fraction of sp³-hybridized carbons (Fsp3) is 0.969. The molecule has 0 aromatic heterocycles. The van der Waals surface area contributed by atoms with Crippen molar-refractivity contribution < 1.29 is 9.53 Å². The van der Waals surface area contributed by atoms with Crippen molar-refractivity contribution in [1.82, 2.24) is 0 Å². The van der Waals surface area contributed by atoms with Gasteiger partial charge in [0.2, 0.25) is 0 Å². The summed E-state index contributed by atoms with van der Waals surface area (Å²) in [6, 6.07) is 0. The molecule has 0 saturated heterocycles. The molecule has 0 N–H and O–H groups in total. The highest BCUT2D eigenvalue weighted by Crippen LogP contribution is 2.62. The van der Waals surface area contributed by atoms with E-state index in [0.29, 0.717) is 11.8 Å². The highest BCUT2D eigenvalue weighted by molar-refractivity contribution is 5.78. The van der Waals surface area contributed by atoms with E-state index in [9.17, 15) is 4.79 Å².